The smallest absolute Gasteiger partial charge is 0.261 e. The van der Waals surface area contributed by atoms with Gasteiger partial charge < -0.3 is 4.74 Å². The monoisotopic (exact) mass is 288 g/mol. The first kappa shape index (κ1) is 15.1. The Kier molecular flexibility index (Phi) is 4.46. The lowest BCUT2D eigenvalue weighted by atomic mass is 10.1. The molecular weight excluding hydrogens is 272 g/mol. The minimum atomic E-state index is -3.73. The van der Waals surface area contributed by atoms with Crippen molar-refractivity contribution in [2.75, 3.05) is 6.61 Å². The Bertz CT molecular complexity index is 589. The standard InChI is InChI=1S/C13H17ClO3S/c1-8(2)7-17-13-9(3)6-12(18(14,15)16)10(4)11(13)5/h6H,1,7H2,2-5H3. The Morgan fingerprint density at radius 1 is 1.33 bits per heavy atom. The predicted molar refractivity (Wildman–Crippen MR) is 74.0 cm³/mol. The molecule has 0 heterocycles. The number of rotatable bonds is 4. The van der Waals surface area contributed by atoms with Gasteiger partial charge in [0.1, 0.15) is 12.4 Å². The van der Waals surface area contributed by atoms with Crippen LogP contribution in [0.4, 0.5) is 0 Å². The zero-order chi connectivity index (χ0) is 14.1. The molecule has 5 heteroatoms. The van der Waals surface area contributed by atoms with E-state index in [9.17, 15) is 8.42 Å². The summed E-state index contributed by atoms with van der Waals surface area (Å²) in [5.74, 6) is 0.694. The molecule has 0 bridgehead atoms. The van der Waals surface area contributed by atoms with Gasteiger partial charge in [0, 0.05) is 10.7 Å². The maximum atomic E-state index is 11.4. The summed E-state index contributed by atoms with van der Waals surface area (Å²) >= 11 is 0. The van der Waals surface area contributed by atoms with Gasteiger partial charge >= 0.3 is 0 Å². The molecule has 3 nitrogen and oxygen atoms in total. The lowest BCUT2D eigenvalue weighted by molar-refractivity contribution is 0.347. The van der Waals surface area contributed by atoms with E-state index in [0.717, 1.165) is 16.7 Å². The molecule has 0 amide bonds. The van der Waals surface area contributed by atoms with Gasteiger partial charge in [-0.15, -0.1) is 0 Å². The van der Waals surface area contributed by atoms with Crippen molar-refractivity contribution in [3.63, 3.8) is 0 Å². The van der Waals surface area contributed by atoms with Crippen LogP contribution in [0.3, 0.4) is 0 Å². The van der Waals surface area contributed by atoms with Crippen LogP contribution < -0.4 is 4.74 Å². The van der Waals surface area contributed by atoms with Crippen LogP contribution in [0.2, 0.25) is 0 Å². The first-order valence-electron chi connectivity index (χ1n) is 5.47. The van der Waals surface area contributed by atoms with Crippen LogP contribution in [0.1, 0.15) is 23.6 Å². The van der Waals surface area contributed by atoms with Crippen molar-refractivity contribution in [3.8, 4) is 5.75 Å². The summed E-state index contributed by atoms with van der Waals surface area (Å²) in [6.07, 6.45) is 0. The maximum Gasteiger partial charge on any atom is 0.261 e. The van der Waals surface area contributed by atoms with Crippen molar-refractivity contribution in [2.24, 2.45) is 0 Å². The molecule has 0 saturated carbocycles. The third kappa shape index (κ3) is 3.27. The Morgan fingerprint density at radius 3 is 2.33 bits per heavy atom. The molecule has 1 aromatic carbocycles. The minimum absolute atomic E-state index is 0.141. The highest BCUT2D eigenvalue weighted by Crippen LogP contribution is 2.32. The Hall–Kier alpha value is -1.00. The summed E-state index contributed by atoms with van der Waals surface area (Å²) in [6, 6.07) is 1.54. The fraction of sp³-hybridized carbons (Fsp3) is 0.385. The van der Waals surface area contributed by atoms with E-state index in [0.29, 0.717) is 17.9 Å². The Morgan fingerprint density at radius 2 is 1.89 bits per heavy atom. The van der Waals surface area contributed by atoms with Gasteiger partial charge in [-0.05, 0) is 56.0 Å². The Labute approximate surface area is 113 Å². The molecule has 0 aliphatic carbocycles. The summed E-state index contributed by atoms with van der Waals surface area (Å²) in [4.78, 5) is 0.141. The average Bonchev–Trinajstić information content (AvgIpc) is 2.21. The van der Waals surface area contributed by atoms with Crippen molar-refractivity contribution >= 4 is 19.7 Å². The molecule has 0 fully saturated rings. The highest BCUT2D eigenvalue weighted by Gasteiger charge is 2.19. The van der Waals surface area contributed by atoms with Crippen LogP contribution in [-0.2, 0) is 9.05 Å². The van der Waals surface area contributed by atoms with Crippen LogP contribution >= 0.6 is 10.7 Å². The van der Waals surface area contributed by atoms with Gasteiger partial charge in [-0.25, -0.2) is 8.42 Å². The average molecular weight is 289 g/mol. The second-order valence-corrected chi connectivity index (χ2v) is 6.99. The fourth-order valence-electron chi connectivity index (χ4n) is 1.69. The third-order valence-electron chi connectivity index (χ3n) is 2.70. The number of hydrogen-bond acceptors (Lipinski definition) is 3. The van der Waals surface area contributed by atoms with Gasteiger partial charge in [-0.2, -0.15) is 0 Å². The van der Waals surface area contributed by atoms with Crippen LogP contribution in [0.15, 0.2) is 23.1 Å². The summed E-state index contributed by atoms with van der Waals surface area (Å²) in [5, 5.41) is 0. The number of benzene rings is 1. The molecular formula is C13H17ClO3S. The normalized spacial score (nSPS) is 11.4. The summed E-state index contributed by atoms with van der Waals surface area (Å²) in [6.45, 7) is 11.4. The third-order valence-corrected chi connectivity index (χ3v) is 4.15. The molecule has 1 aromatic rings. The van der Waals surface area contributed by atoms with Crippen molar-refractivity contribution in [2.45, 2.75) is 32.6 Å². The van der Waals surface area contributed by atoms with Crippen molar-refractivity contribution in [1.29, 1.82) is 0 Å². The molecule has 0 N–H and O–H groups in total. The second-order valence-electron chi connectivity index (χ2n) is 4.45. The highest BCUT2D eigenvalue weighted by molar-refractivity contribution is 8.13. The van der Waals surface area contributed by atoms with Gasteiger partial charge in [0.15, 0.2) is 0 Å². The molecule has 18 heavy (non-hydrogen) atoms. The van der Waals surface area contributed by atoms with Gasteiger partial charge in [0.25, 0.3) is 9.05 Å². The molecule has 0 atom stereocenters. The van der Waals surface area contributed by atoms with Gasteiger partial charge in [-0.3, -0.25) is 0 Å². The van der Waals surface area contributed by atoms with Crippen LogP contribution in [0.25, 0.3) is 0 Å². The van der Waals surface area contributed by atoms with E-state index >= 15 is 0 Å². The number of halogens is 1. The zero-order valence-corrected chi connectivity index (χ0v) is 12.6. The topological polar surface area (TPSA) is 43.4 Å². The maximum absolute atomic E-state index is 11.4. The predicted octanol–water partition coefficient (Wildman–Crippen LogP) is 3.49. The largest absolute Gasteiger partial charge is 0.489 e. The lowest BCUT2D eigenvalue weighted by Crippen LogP contribution is -2.05. The van der Waals surface area contributed by atoms with E-state index < -0.39 is 9.05 Å². The molecule has 0 spiro atoms. The summed E-state index contributed by atoms with van der Waals surface area (Å²) in [7, 11) is 1.68. The van der Waals surface area contributed by atoms with E-state index in [-0.39, 0.29) is 4.90 Å². The van der Waals surface area contributed by atoms with E-state index in [1.54, 1.807) is 19.9 Å². The molecule has 1 rings (SSSR count). The summed E-state index contributed by atoms with van der Waals surface area (Å²) < 4.78 is 28.5. The molecule has 0 unspecified atom stereocenters. The highest BCUT2D eigenvalue weighted by atomic mass is 35.7. The minimum Gasteiger partial charge on any atom is -0.489 e. The van der Waals surface area contributed by atoms with Gasteiger partial charge in [0.05, 0.1) is 4.90 Å². The zero-order valence-electron chi connectivity index (χ0n) is 11.0. The number of hydrogen-bond donors (Lipinski definition) is 0. The molecule has 0 aliphatic heterocycles. The second kappa shape index (κ2) is 5.33. The quantitative estimate of drug-likeness (QED) is 0.629. The first-order chi connectivity index (χ1) is 8.14. The molecule has 0 aliphatic rings. The first-order valence-corrected chi connectivity index (χ1v) is 7.78. The van der Waals surface area contributed by atoms with Crippen LogP contribution in [-0.4, -0.2) is 15.0 Å². The van der Waals surface area contributed by atoms with E-state index in [4.69, 9.17) is 15.4 Å². The van der Waals surface area contributed by atoms with E-state index in [1.807, 2.05) is 13.8 Å². The molecule has 100 valence electrons. The molecule has 0 saturated heterocycles. The van der Waals surface area contributed by atoms with E-state index in [1.165, 1.54) is 0 Å². The number of aryl methyl sites for hydroxylation is 1. The van der Waals surface area contributed by atoms with Crippen molar-refractivity contribution in [1.82, 2.24) is 0 Å². The lowest BCUT2D eigenvalue weighted by Gasteiger charge is -2.16. The fourth-order valence-corrected chi connectivity index (χ4v) is 3.01. The Balaban J connectivity index is 3.34. The van der Waals surface area contributed by atoms with Gasteiger partial charge in [0.2, 0.25) is 0 Å². The number of ether oxygens (including phenoxy) is 1. The van der Waals surface area contributed by atoms with Gasteiger partial charge in [-0.1, -0.05) is 6.58 Å². The van der Waals surface area contributed by atoms with E-state index in [2.05, 4.69) is 6.58 Å². The molecule has 0 radical (unpaired) electrons. The van der Waals surface area contributed by atoms with Crippen LogP contribution in [0.5, 0.6) is 5.75 Å². The van der Waals surface area contributed by atoms with Crippen molar-refractivity contribution < 1.29 is 13.2 Å². The van der Waals surface area contributed by atoms with Crippen molar-refractivity contribution in [3.05, 3.63) is 34.9 Å². The molecule has 0 aromatic heterocycles. The SMILES string of the molecule is C=C(C)COc1c(C)cc(S(=O)(=O)Cl)c(C)c1C. The summed E-state index contributed by atoms with van der Waals surface area (Å²) in [5.41, 5.74) is 3.06. The van der Waals surface area contributed by atoms with Crippen LogP contribution in [0, 0.1) is 20.8 Å².